The zero-order valence-corrected chi connectivity index (χ0v) is 20.9. The molecule has 5 aromatic rings. The second kappa shape index (κ2) is 8.13. The number of anilines is 2. The van der Waals surface area contributed by atoms with Crippen molar-refractivity contribution in [1.82, 2.24) is 0 Å². The van der Waals surface area contributed by atoms with Crippen molar-refractivity contribution in [1.29, 1.82) is 0 Å². The maximum Gasteiger partial charge on any atom is 0.0419 e. The summed E-state index contributed by atoms with van der Waals surface area (Å²) in [6.45, 7) is 9.19. The maximum absolute atomic E-state index is 2.42. The van der Waals surface area contributed by atoms with Crippen molar-refractivity contribution in [2.24, 2.45) is 0 Å². The van der Waals surface area contributed by atoms with Gasteiger partial charge in [-0.05, 0) is 88.3 Å². The molecule has 35 heavy (non-hydrogen) atoms. The zero-order valence-electron chi connectivity index (χ0n) is 20.9. The number of hydrogen-bond acceptors (Lipinski definition) is 1. The second-order valence-electron chi connectivity index (χ2n) is 10.5. The molecule has 0 saturated heterocycles. The Kier molecular flexibility index (Phi) is 5.04. The van der Waals surface area contributed by atoms with Gasteiger partial charge in [-0.25, -0.2) is 0 Å². The van der Waals surface area contributed by atoms with Crippen LogP contribution < -0.4 is 4.90 Å². The van der Waals surface area contributed by atoms with Crippen LogP contribution in [0.1, 0.15) is 38.8 Å². The Morgan fingerprint density at radius 3 is 1.94 bits per heavy atom. The fourth-order valence-corrected chi connectivity index (χ4v) is 5.77. The lowest BCUT2D eigenvalue weighted by atomic mass is 9.81. The van der Waals surface area contributed by atoms with Crippen molar-refractivity contribution in [2.45, 2.75) is 39.2 Å². The highest BCUT2D eigenvalue weighted by atomic mass is 15.2. The van der Waals surface area contributed by atoms with Crippen molar-refractivity contribution < 1.29 is 0 Å². The summed E-state index contributed by atoms with van der Waals surface area (Å²) in [4.78, 5) is 2.42. The molecule has 0 N–H and O–H groups in total. The SMILES string of the molecule is CC(C)N(c1ccc(-c2ccc3c(c2)C(C)(C)c2ccccc2-3)cc1)c1ccc2ccccc2c1. The van der Waals surface area contributed by atoms with E-state index in [1.807, 2.05) is 0 Å². The molecular formula is C34H31N. The number of hydrogen-bond donors (Lipinski definition) is 0. The van der Waals surface area contributed by atoms with Gasteiger partial charge in [0.15, 0.2) is 0 Å². The predicted molar refractivity (Wildman–Crippen MR) is 151 cm³/mol. The Morgan fingerprint density at radius 2 is 1.17 bits per heavy atom. The van der Waals surface area contributed by atoms with Crippen LogP contribution >= 0.6 is 0 Å². The fourth-order valence-electron chi connectivity index (χ4n) is 5.77. The molecular weight excluding hydrogens is 422 g/mol. The third kappa shape index (κ3) is 3.54. The maximum atomic E-state index is 2.42. The highest BCUT2D eigenvalue weighted by Crippen LogP contribution is 2.49. The number of benzene rings is 5. The topological polar surface area (TPSA) is 3.24 Å². The first-order valence-corrected chi connectivity index (χ1v) is 12.6. The standard InChI is InChI=1S/C34H31N/c1-23(2)35(29-19-15-24-9-5-6-10-26(24)21-29)28-17-13-25(14-18-28)27-16-20-31-30-11-7-8-12-32(30)34(3,4)33(31)22-27/h5-23H,1-4H3. The van der Waals surface area contributed by atoms with E-state index in [-0.39, 0.29) is 5.41 Å². The summed E-state index contributed by atoms with van der Waals surface area (Å²) in [6.07, 6.45) is 0. The van der Waals surface area contributed by atoms with Gasteiger partial charge in [-0.15, -0.1) is 0 Å². The minimum Gasteiger partial charge on any atom is -0.339 e. The summed E-state index contributed by atoms with van der Waals surface area (Å²) in [5, 5.41) is 2.55. The van der Waals surface area contributed by atoms with E-state index in [2.05, 4.69) is 142 Å². The lowest BCUT2D eigenvalue weighted by Crippen LogP contribution is -2.25. The van der Waals surface area contributed by atoms with Gasteiger partial charge in [-0.1, -0.05) is 92.7 Å². The molecule has 6 rings (SSSR count). The van der Waals surface area contributed by atoms with Crippen LogP contribution in [-0.4, -0.2) is 6.04 Å². The summed E-state index contributed by atoms with van der Waals surface area (Å²) in [7, 11) is 0. The Bertz CT molecular complexity index is 1540. The average molecular weight is 454 g/mol. The van der Waals surface area contributed by atoms with Gasteiger partial charge in [-0.2, -0.15) is 0 Å². The summed E-state index contributed by atoms with van der Waals surface area (Å²) < 4.78 is 0. The van der Waals surface area contributed by atoms with Gasteiger partial charge in [0, 0.05) is 22.8 Å². The first-order chi connectivity index (χ1) is 16.9. The molecule has 0 unspecified atom stereocenters. The molecule has 0 atom stereocenters. The van der Waals surface area contributed by atoms with Crippen molar-refractivity contribution in [3.05, 3.63) is 120 Å². The molecule has 1 nitrogen and oxygen atoms in total. The molecule has 0 heterocycles. The highest BCUT2D eigenvalue weighted by molar-refractivity contribution is 5.87. The molecule has 1 aliphatic rings. The molecule has 0 aromatic heterocycles. The molecule has 5 aromatic carbocycles. The fraction of sp³-hybridized carbons (Fsp3) is 0.176. The molecule has 0 spiro atoms. The van der Waals surface area contributed by atoms with Gasteiger partial charge in [0.25, 0.3) is 0 Å². The Hall–Kier alpha value is -3.84. The van der Waals surface area contributed by atoms with E-state index in [1.54, 1.807) is 0 Å². The van der Waals surface area contributed by atoms with Gasteiger partial charge in [-0.3, -0.25) is 0 Å². The number of fused-ring (bicyclic) bond motifs is 4. The van der Waals surface area contributed by atoms with Gasteiger partial charge >= 0.3 is 0 Å². The van der Waals surface area contributed by atoms with Crippen molar-refractivity contribution in [2.75, 3.05) is 4.90 Å². The smallest absolute Gasteiger partial charge is 0.0419 e. The summed E-state index contributed by atoms with van der Waals surface area (Å²) in [5.41, 5.74) is 10.6. The lowest BCUT2D eigenvalue weighted by molar-refractivity contribution is 0.660. The van der Waals surface area contributed by atoms with Gasteiger partial charge in [0.1, 0.15) is 0 Å². The van der Waals surface area contributed by atoms with Gasteiger partial charge in [0.05, 0.1) is 0 Å². The molecule has 0 bridgehead atoms. The van der Waals surface area contributed by atoms with E-state index < -0.39 is 0 Å². The minimum atomic E-state index is 0.0202. The summed E-state index contributed by atoms with van der Waals surface area (Å²) in [5.74, 6) is 0. The molecule has 0 saturated carbocycles. The molecule has 0 fully saturated rings. The van der Waals surface area contributed by atoms with Crippen molar-refractivity contribution in [3.8, 4) is 22.3 Å². The summed E-state index contributed by atoms with van der Waals surface area (Å²) >= 11 is 0. The van der Waals surface area contributed by atoms with E-state index in [9.17, 15) is 0 Å². The van der Waals surface area contributed by atoms with Crippen LogP contribution in [-0.2, 0) is 5.41 Å². The van der Waals surface area contributed by atoms with E-state index in [1.165, 1.54) is 55.5 Å². The van der Waals surface area contributed by atoms with Crippen molar-refractivity contribution in [3.63, 3.8) is 0 Å². The Balaban J connectivity index is 1.36. The Morgan fingerprint density at radius 1 is 0.543 bits per heavy atom. The summed E-state index contributed by atoms with van der Waals surface area (Å²) in [6, 6.07) is 40.5. The first-order valence-electron chi connectivity index (χ1n) is 12.6. The number of rotatable bonds is 4. The van der Waals surface area contributed by atoms with Crippen LogP contribution in [0.3, 0.4) is 0 Å². The highest BCUT2D eigenvalue weighted by Gasteiger charge is 2.35. The van der Waals surface area contributed by atoms with Crippen LogP contribution in [0.15, 0.2) is 109 Å². The molecule has 1 aliphatic carbocycles. The minimum absolute atomic E-state index is 0.0202. The predicted octanol–water partition coefficient (Wildman–Crippen LogP) is 9.36. The zero-order chi connectivity index (χ0) is 24.2. The normalized spacial score (nSPS) is 13.6. The molecule has 1 heteroatoms. The van der Waals surface area contributed by atoms with Crippen LogP contribution in [0.4, 0.5) is 11.4 Å². The third-order valence-electron chi connectivity index (χ3n) is 7.59. The molecule has 0 aliphatic heterocycles. The third-order valence-corrected chi connectivity index (χ3v) is 7.59. The largest absolute Gasteiger partial charge is 0.339 e. The van der Waals surface area contributed by atoms with Gasteiger partial charge < -0.3 is 4.90 Å². The van der Waals surface area contributed by atoms with Crippen LogP contribution in [0.5, 0.6) is 0 Å². The quantitative estimate of drug-likeness (QED) is 0.262. The molecule has 172 valence electrons. The molecule has 0 radical (unpaired) electrons. The Labute approximate surface area is 208 Å². The van der Waals surface area contributed by atoms with Crippen molar-refractivity contribution >= 4 is 22.1 Å². The van der Waals surface area contributed by atoms with Gasteiger partial charge in [0.2, 0.25) is 0 Å². The van der Waals surface area contributed by atoms with E-state index >= 15 is 0 Å². The first kappa shape index (κ1) is 21.7. The average Bonchev–Trinajstić information content (AvgIpc) is 3.11. The van der Waals surface area contributed by atoms with E-state index in [4.69, 9.17) is 0 Å². The molecule has 0 amide bonds. The second-order valence-corrected chi connectivity index (χ2v) is 10.5. The monoisotopic (exact) mass is 453 g/mol. The van der Waals surface area contributed by atoms with Crippen LogP contribution in [0.25, 0.3) is 33.0 Å². The van der Waals surface area contributed by atoms with Crippen LogP contribution in [0, 0.1) is 0 Å². The number of nitrogens with zero attached hydrogens (tertiary/aromatic N) is 1. The van der Waals surface area contributed by atoms with E-state index in [0.717, 1.165) is 0 Å². The van der Waals surface area contributed by atoms with E-state index in [0.29, 0.717) is 6.04 Å². The van der Waals surface area contributed by atoms with Crippen LogP contribution in [0.2, 0.25) is 0 Å². The lowest BCUT2D eigenvalue weighted by Gasteiger charge is -2.29.